The summed E-state index contributed by atoms with van der Waals surface area (Å²) >= 11 is 6.05. The Morgan fingerprint density at radius 1 is 1.33 bits per heavy atom. The van der Waals surface area contributed by atoms with Crippen molar-refractivity contribution >= 4 is 11.6 Å². The summed E-state index contributed by atoms with van der Waals surface area (Å²) in [5.41, 5.74) is 7.55. The van der Waals surface area contributed by atoms with Crippen LogP contribution in [0.1, 0.15) is 18.5 Å². The average Bonchev–Trinajstić information content (AvgIpc) is 2.71. The number of aromatic nitrogens is 3. The van der Waals surface area contributed by atoms with Crippen LogP contribution in [-0.2, 0) is 0 Å². The lowest BCUT2D eigenvalue weighted by atomic mass is 10.1. The van der Waals surface area contributed by atoms with Crippen LogP contribution in [0.3, 0.4) is 0 Å². The van der Waals surface area contributed by atoms with E-state index < -0.39 is 0 Å². The summed E-state index contributed by atoms with van der Waals surface area (Å²) in [6.45, 7) is 1.92. The lowest BCUT2D eigenvalue weighted by Crippen LogP contribution is -2.07. The molecule has 1 heterocycles. The molecule has 1 aromatic heterocycles. The Morgan fingerprint density at radius 2 is 2.00 bits per heavy atom. The van der Waals surface area contributed by atoms with Crippen molar-refractivity contribution in [2.24, 2.45) is 5.73 Å². The summed E-state index contributed by atoms with van der Waals surface area (Å²) < 4.78 is 0. The van der Waals surface area contributed by atoms with Gasteiger partial charge in [-0.25, -0.2) is 0 Å². The van der Waals surface area contributed by atoms with Crippen LogP contribution in [0.4, 0.5) is 0 Å². The fourth-order valence-corrected chi connectivity index (χ4v) is 1.50. The van der Waals surface area contributed by atoms with Crippen LogP contribution in [-0.4, -0.2) is 15.0 Å². The Morgan fingerprint density at radius 3 is 2.60 bits per heavy atom. The summed E-state index contributed by atoms with van der Waals surface area (Å²) in [6.07, 6.45) is 3.21. The van der Waals surface area contributed by atoms with Crippen molar-refractivity contribution < 1.29 is 0 Å². The number of benzene rings is 1. The number of rotatable bonds is 2. The highest BCUT2D eigenvalue weighted by Crippen LogP contribution is 2.22. The predicted molar refractivity (Wildman–Crippen MR) is 59.0 cm³/mol. The maximum atomic E-state index is 6.05. The van der Waals surface area contributed by atoms with Crippen LogP contribution in [0.15, 0.2) is 30.6 Å². The molecule has 0 spiro atoms. The molecule has 0 radical (unpaired) electrons. The van der Waals surface area contributed by atoms with Crippen molar-refractivity contribution in [2.75, 3.05) is 0 Å². The third-order valence-electron chi connectivity index (χ3n) is 2.13. The lowest BCUT2D eigenvalue weighted by molar-refractivity contribution is 0.745. The van der Waals surface area contributed by atoms with E-state index in [0.29, 0.717) is 5.02 Å². The van der Waals surface area contributed by atoms with E-state index in [4.69, 9.17) is 17.3 Å². The summed E-state index contributed by atoms with van der Waals surface area (Å²) in [4.78, 5) is 1.48. The Kier molecular flexibility index (Phi) is 2.70. The second-order valence-corrected chi connectivity index (χ2v) is 3.73. The first-order valence-electron chi connectivity index (χ1n) is 4.60. The van der Waals surface area contributed by atoms with E-state index in [9.17, 15) is 0 Å². The van der Waals surface area contributed by atoms with Crippen molar-refractivity contribution in [2.45, 2.75) is 13.0 Å². The zero-order valence-corrected chi connectivity index (χ0v) is 9.02. The highest BCUT2D eigenvalue weighted by atomic mass is 35.5. The van der Waals surface area contributed by atoms with Crippen LogP contribution in [0.25, 0.3) is 5.69 Å². The van der Waals surface area contributed by atoms with Gasteiger partial charge in [-0.05, 0) is 24.6 Å². The second-order valence-electron chi connectivity index (χ2n) is 3.32. The summed E-state index contributed by atoms with van der Waals surface area (Å²) in [5.74, 6) is 0. The molecule has 0 aliphatic rings. The summed E-state index contributed by atoms with van der Waals surface area (Å²) in [6, 6.07) is 5.57. The number of hydrogen-bond acceptors (Lipinski definition) is 3. The molecule has 2 N–H and O–H groups in total. The van der Waals surface area contributed by atoms with Gasteiger partial charge in [0.15, 0.2) is 0 Å². The highest BCUT2D eigenvalue weighted by molar-refractivity contribution is 6.32. The first kappa shape index (κ1) is 10.1. The third kappa shape index (κ3) is 2.00. The Balaban J connectivity index is 2.51. The molecule has 4 nitrogen and oxygen atoms in total. The van der Waals surface area contributed by atoms with Crippen LogP contribution in [0, 0.1) is 0 Å². The van der Waals surface area contributed by atoms with Crippen LogP contribution < -0.4 is 5.73 Å². The van der Waals surface area contributed by atoms with Gasteiger partial charge in [0.2, 0.25) is 0 Å². The van der Waals surface area contributed by atoms with Crippen molar-refractivity contribution in [3.05, 3.63) is 41.2 Å². The first-order valence-corrected chi connectivity index (χ1v) is 4.98. The van der Waals surface area contributed by atoms with E-state index in [1.54, 1.807) is 18.5 Å². The van der Waals surface area contributed by atoms with Gasteiger partial charge in [0, 0.05) is 6.04 Å². The summed E-state index contributed by atoms with van der Waals surface area (Å²) in [7, 11) is 0. The molecule has 0 saturated heterocycles. The molecule has 1 atom stereocenters. The lowest BCUT2D eigenvalue weighted by Gasteiger charge is -2.09. The molecular weight excluding hydrogens is 212 g/mol. The molecule has 78 valence electrons. The molecular formula is C10H11ClN4. The maximum absolute atomic E-state index is 6.05. The van der Waals surface area contributed by atoms with Gasteiger partial charge in [0.05, 0.1) is 17.4 Å². The van der Waals surface area contributed by atoms with E-state index in [1.165, 1.54) is 4.80 Å². The van der Waals surface area contributed by atoms with Gasteiger partial charge in [-0.3, -0.25) is 0 Å². The quantitative estimate of drug-likeness (QED) is 0.845. The molecule has 2 aromatic rings. The number of hydrogen-bond donors (Lipinski definition) is 1. The Hall–Kier alpha value is -1.39. The minimum atomic E-state index is -0.0309. The van der Waals surface area contributed by atoms with Crippen LogP contribution in [0.5, 0.6) is 0 Å². The molecule has 0 aliphatic carbocycles. The zero-order valence-electron chi connectivity index (χ0n) is 8.26. The van der Waals surface area contributed by atoms with E-state index in [2.05, 4.69) is 10.2 Å². The third-order valence-corrected chi connectivity index (χ3v) is 2.45. The fraction of sp³-hybridized carbons (Fsp3) is 0.200. The molecule has 0 fully saturated rings. The van der Waals surface area contributed by atoms with Gasteiger partial charge >= 0.3 is 0 Å². The second kappa shape index (κ2) is 4.00. The SMILES string of the molecule is C[C@H](N)c1ccc(Cl)c(-n2nccn2)c1. The molecule has 0 bridgehead atoms. The highest BCUT2D eigenvalue weighted by Gasteiger charge is 2.07. The molecule has 0 aliphatic heterocycles. The monoisotopic (exact) mass is 222 g/mol. The molecule has 0 unspecified atom stereocenters. The van der Waals surface area contributed by atoms with Crippen molar-refractivity contribution in [3.8, 4) is 5.69 Å². The van der Waals surface area contributed by atoms with Gasteiger partial charge in [-0.1, -0.05) is 17.7 Å². The van der Waals surface area contributed by atoms with Crippen LogP contribution >= 0.6 is 11.6 Å². The predicted octanol–water partition coefficient (Wildman–Crippen LogP) is 1.94. The van der Waals surface area contributed by atoms with E-state index >= 15 is 0 Å². The topological polar surface area (TPSA) is 56.7 Å². The average molecular weight is 223 g/mol. The smallest absolute Gasteiger partial charge is 0.105 e. The van der Waals surface area contributed by atoms with Crippen molar-refractivity contribution in [3.63, 3.8) is 0 Å². The molecule has 15 heavy (non-hydrogen) atoms. The van der Waals surface area contributed by atoms with Gasteiger partial charge in [-0.2, -0.15) is 15.0 Å². The van der Waals surface area contributed by atoms with Crippen molar-refractivity contribution in [1.29, 1.82) is 0 Å². The minimum Gasteiger partial charge on any atom is -0.324 e. The summed E-state index contributed by atoms with van der Waals surface area (Å²) in [5, 5.41) is 8.66. The Bertz CT molecular complexity index is 450. The standard InChI is InChI=1S/C10H11ClN4/c1-7(12)8-2-3-9(11)10(6-8)15-13-4-5-14-15/h2-7H,12H2,1H3/t7-/m0/s1. The number of halogens is 1. The van der Waals surface area contributed by atoms with Crippen LogP contribution in [0.2, 0.25) is 5.02 Å². The van der Waals surface area contributed by atoms with E-state index in [1.807, 2.05) is 19.1 Å². The fourth-order valence-electron chi connectivity index (χ4n) is 1.31. The van der Waals surface area contributed by atoms with Gasteiger partial charge in [-0.15, -0.1) is 0 Å². The normalized spacial score (nSPS) is 12.7. The van der Waals surface area contributed by atoms with E-state index in [-0.39, 0.29) is 6.04 Å². The Labute approximate surface area is 92.7 Å². The molecule has 0 saturated carbocycles. The molecule has 5 heteroatoms. The zero-order chi connectivity index (χ0) is 10.8. The number of nitrogens with two attached hydrogens (primary N) is 1. The van der Waals surface area contributed by atoms with E-state index in [0.717, 1.165) is 11.3 Å². The molecule has 2 rings (SSSR count). The maximum Gasteiger partial charge on any atom is 0.105 e. The van der Waals surface area contributed by atoms with Gasteiger partial charge < -0.3 is 5.73 Å². The molecule has 1 aromatic carbocycles. The minimum absolute atomic E-state index is 0.0309. The largest absolute Gasteiger partial charge is 0.324 e. The molecule has 0 amide bonds. The van der Waals surface area contributed by atoms with Crippen molar-refractivity contribution in [1.82, 2.24) is 15.0 Å². The first-order chi connectivity index (χ1) is 7.18. The van der Waals surface area contributed by atoms with Gasteiger partial charge in [0.1, 0.15) is 5.69 Å². The number of nitrogens with zero attached hydrogens (tertiary/aromatic N) is 3. The van der Waals surface area contributed by atoms with Gasteiger partial charge in [0.25, 0.3) is 0 Å².